The van der Waals surface area contributed by atoms with Gasteiger partial charge in [0.15, 0.2) is 5.65 Å². The number of methoxy groups -OCH3 is 1. The third kappa shape index (κ3) is 4.66. The number of aliphatic hydroxyl groups is 1. The molecule has 0 aliphatic carbocycles. The molecule has 5 aromatic rings. The van der Waals surface area contributed by atoms with Gasteiger partial charge in [-0.15, -0.1) is 0 Å². The number of nitrogens with zero attached hydrogens (tertiary/aromatic N) is 7. The molecule has 0 atom stereocenters. The van der Waals surface area contributed by atoms with Gasteiger partial charge in [-0.1, -0.05) is 12.1 Å². The molecule has 0 aliphatic rings. The van der Waals surface area contributed by atoms with Crippen molar-refractivity contribution in [2.45, 2.75) is 19.8 Å². The van der Waals surface area contributed by atoms with Gasteiger partial charge in [-0.25, -0.2) is 19.6 Å². The summed E-state index contributed by atoms with van der Waals surface area (Å²) in [5.74, 6) is 1.38. The van der Waals surface area contributed by atoms with E-state index in [-0.39, 0.29) is 12.3 Å². The first-order valence-corrected chi connectivity index (χ1v) is 11.3. The number of rotatable bonds is 8. The summed E-state index contributed by atoms with van der Waals surface area (Å²) in [7, 11) is 3.57. The van der Waals surface area contributed by atoms with E-state index in [0.717, 1.165) is 22.4 Å². The number of hydrogen-bond donors (Lipinski definition) is 1. The molecule has 0 radical (unpaired) electrons. The number of benzene rings is 1. The van der Waals surface area contributed by atoms with Crippen molar-refractivity contribution in [1.29, 1.82) is 0 Å². The van der Waals surface area contributed by atoms with E-state index in [0.29, 0.717) is 35.9 Å². The van der Waals surface area contributed by atoms with Crippen molar-refractivity contribution in [2.75, 3.05) is 19.1 Å². The van der Waals surface area contributed by atoms with Gasteiger partial charge in [0.2, 0.25) is 5.95 Å². The van der Waals surface area contributed by atoms with Crippen LogP contribution in [0.1, 0.15) is 11.3 Å². The Kier molecular flexibility index (Phi) is 6.42. The molecule has 4 aromatic heterocycles. The van der Waals surface area contributed by atoms with Gasteiger partial charge >= 0.3 is 0 Å². The average Bonchev–Trinajstić information content (AvgIpc) is 3.29. The van der Waals surface area contributed by atoms with Crippen LogP contribution in [-0.2, 0) is 19.8 Å². The van der Waals surface area contributed by atoms with E-state index in [2.05, 4.69) is 20.1 Å². The summed E-state index contributed by atoms with van der Waals surface area (Å²) < 4.78 is 8.20. The highest BCUT2D eigenvalue weighted by Gasteiger charge is 2.14. The zero-order valence-corrected chi connectivity index (χ0v) is 19.9. The fraction of sp³-hybridized carbons (Fsp3) is 0.192. The van der Waals surface area contributed by atoms with E-state index in [1.54, 1.807) is 42.4 Å². The summed E-state index contributed by atoms with van der Waals surface area (Å²) in [6.07, 6.45) is 5.06. The molecule has 182 valence electrons. The maximum atomic E-state index is 12.9. The molecule has 0 saturated carbocycles. The number of aliphatic hydroxyl groups excluding tert-OH is 1. The van der Waals surface area contributed by atoms with Crippen LogP contribution >= 0.6 is 0 Å². The standard InChI is InChI=1S/C26H25N7O3/c1-31(15-18-5-7-21(36-2)8-6-18)26-28-12-9-20(29-26)16-32-13-10-19(14-23(32)35)24-22-4-3-11-27-25(22)33(17-34)30-24/h3-14,34H,15-17H2,1-2H3. The minimum absolute atomic E-state index is 0.185. The lowest BCUT2D eigenvalue weighted by Gasteiger charge is -2.18. The van der Waals surface area contributed by atoms with Crippen LogP contribution in [0.25, 0.3) is 22.3 Å². The first-order valence-electron chi connectivity index (χ1n) is 11.3. The van der Waals surface area contributed by atoms with Gasteiger partial charge in [0.05, 0.1) is 19.3 Å². The van der Waals surface area contributed by atoms with Gasteiger partial charge in [-0.2, -0.15) is 5.10 Å². The highest BCUT2D eigenvalue weighted by Crippen LogP contribution is 2.25. The summed E-state index contributed by atoms with van der Waals surface area (Å²) in [6.45, 7) is 0.636. The quantitative estimate of drug-likeness (QED) is 0.359. The molecule has 0 amide bonds. The summed E-state index contributed by atoms with van der Waals surface area (Å²) in [6, 6.07) is 16.7. The molecule has 0 bridgehead atoms. The minimum atomic E-state index is -0.298. The zero-order chi connectivity index (χ0) is 25.1. The molecule has 10 heteroatoms. The van der Waals surface area contributed by atoms with Crippen molar-refractivity contribution in [3.8, 4) is 17.0 Å². The van der Waals surface area contributed by atoms with E-state index < -0.39 is 0 Å². The molecule has 1 N–H and O–H groups in total. The normalized spacial score (nSPS) is 11.1. The molecule has 0 unspecified atom stereocenters. The molecule has 10 nitrogen and oxygen atoms in total. The highest BCUT2D eigenvalue weighted by atomic mass is 16.5. The second kappa shape index (κ2) is 9.96. The van der Waals surface area contributed by atoms with Crippen molar-refractivity contribution in [3.63, 3.8) is 0 Å². The number of anilines is 1. The molecule has 0 spiro atoms. The van der Waals surface area contributed by atoms with Crippen molar-refractivity contribution < 1.29 is 9.84 Å². The highest BCUT2D eigenvalue weighted by molar-refractivity contribution is 5.90. The summed E-state index contributed by atoms with van der Waals surface area (Å²) in [4.78, 5) is 28.2. The maximum Gasteiger partial charge on any atom is 0.251 e. The van der Waals surface area contributed by atoms with Crippen LogP contribution < -0.4 is 15.2 Å². The third-order valence-electron chi connectivity index (χ3n) is 5.86. The minimum Gasteiger partial charge on any atom is -0.497 e. The van der Waals surface area contributed by atoms with Gasteiger partial charge in [0.1, 0.15) is 18.2 Å². The zero-order valence-electron chi connectivity index (χ0n) is 19.9. The Hall–Kier alpha value is -4.57. The van der Waals surface area contributed by atoms with Crippen molar-refractivity contribution in [3.05, 3.63) is 94.8 Å². The van der Waals surface area contributed by atoms with E-state index >= 15 is 0 Å². The molecule has 0 fully saturated rings. The van der Waals surface area contributed by atoms with E-state index in [1.807, 2.05) is 48.3 Å². The van der Waals surface area contributed by atoms with Crippen LogP contribution in [-0.4, -0.2) is 48.6 Å². The first-order chi connectivity index (χ1) is 17.6. The topological polar surface area (TPSA) is 111 Å². The predicted octanol–water partition coefficient (Wildman–Crippen LogP) is 2.69. The molecule has 0 aliphatic heterocycles. The SMILES string of the molecule is COc1ccc(CN(C)c2nccc(Cn3ccc(-c4nn(CO)c5ncccc45)cc3=O)n2)cc1. The van der Waals surface area contributed by atoms with E-state index in [4.69, 9.17) is 4.74 Å². The molecular weight excluding hydrogens is 458 g/mol. The Bertz CT molecular complexity index is 1560. The Labute approximate surface area is 207 Å². The lowest BCUT2D eigenvalue weighted by atomic mass is 10.1. The van der Waals surface area contributed by atoms with Gasteiger partial charge in [0, 0.05) is 49.2 Å². The van der Waals surface area contributed by atoms with Gasteiger partial charge in [0.25, 0.3) is 5.56 Å². The van der Waals surface area contributed by atoms with Crippen LogP contribution in [0.5, 0.6) is 5.75 Å². The van der Waals surface area contributed by atoms with Gasteiger partial charge in [-0.3, -0.25) is 4.79 Å². The number of fused-ring (bicyclic) bond motifs is 1. The molecule has 1 aromatic carbocycles. The van der Waals surface area contributed by atoms with Crippen LogP contribution in [0, 0.1) is 0 Å². The van der Waals surface area contributed by atoms with Crippen LogP contribution in [0.4, 0.5) is 5.95 Å². The maximum absolute atomic E-state index is 12.9. The fourth-order valence-corrected chi connectivity index (χ4v) is 4.01. The summed E-state index contributed by atoms with van der Waals surface area (Å²) in [5.41, 5.74) is 3.45. The fourth-order valence-electron chi connectivity index (χ4n) is 4.01. The van der Waals surface area contributed by atoms with Crippen molar-refractivity contribution >= 4 is 17.0 Å². The van der Waals surface area contributed by atoms with Crippen LogP contribution in [0.3, 0.4) is 0 Å². The smallest absolute Gasteiger partial charge is 0.251 e. The number of ether oxygens (including phenoxy) is 1. The monoisotopic (exact) mass is 483 g/mol. The second-order valence-corrected chi connectivity index (χ2v) is 8.30. The summed E-state index contributed by atoms with van der Waals surface area (Å²) >= 11 is 0. The molecule has 5 rings (SSSR count). The predicted molar refractivity (Wildman–Crippen MR) is 136 cm³/mol. The van der Waals surface area contributed by atoms with Crippen LogP contribution in [0.2, 0.25) is 0 Å². The number of aromatic nitrogens is 6. The molecule has 4 heterocycles. The van der Waals surface area contributed by atoms with E-state index in [9.17, 15) is 9.90 Å². The Morgan fingerprint density at radius 1 is 1.06 bits per heavy atom. The number of pyridine rings is 2. The van der Waals surface area contributed by atoms with Crippen molar-refractivity contribution in [2.24, 2.45) is 0 Å². The average molecular weight is 484 g/mol. The van der Waals surface area contributed by atoms with Gasteiger partial charge < -0.3 is 19.3 Å². The first kappa shape index (κ1) is 23.2. The van der Waals surface area contributed by atoms with E-state index in [1.165, 1.54) is 10.7 Å². The summed E-state index contributed by atoms with van der Waals surface area (Å²) in [5, 5.41) is 14.8. The number of hydrogen-bond acceptors (Lipinski definition) is 8. The molecule has 36 heavy (non-hydrogen) atoms. The van der Waals surface area contributed by atoms with Crippen LogP contribution in [0.15, 0.2) is 78.0 Å². The third-order valence-corrected chi connectivity index (χ3v) is 5.86. The Morgan fingerprint density at radius 2 is 1.89 bits per heavy atom. The second-order valence-electron chi connectivity index (χ2n) is 8.30. The molecule has 0 saturated heterocycles. The lowest BCUT2D eigenvalue weighted by molar-refractivity contribution is 0.200. The largest absolute Gasteiger partial charge is 0.497 e. The van der Waals surface area contributed by atoms with Crippen molar-refractivity contribution in [1.82, 2.24) is 29.3 Å². The lowest BCUT2D eigenvalue weighted by Crippen LogP contribution is -2.22. The van der Waals surface area contributed by atoms with Gasteiger partial charge in [-0.05, 0) is 42.0 Å². The Morgan fingerprint density at radius 3 is 2.64 bits per heavy atom. The Balaban J connectivity index is 1.35. The molecular formula is C26H25N7O3.